The average molecular weight is 373 g/mol. The molecule has 0 atom stereocenters. The molecule has 1 aliphatic heterocycles. The number of likely N-dealkylation sites (N-methyl/N-ethyl adjacent to an activating group) is 1. The fourth-order valence-electron chi connectivity index (χ4n) is 2.81. The Hall–Kier alpha value is -2.79. The monoisotopic (exact) mass is 373 g/mol. The summed E-state index contributed by atoms with van der Waals surface area (Å²) in [5.74, 6) is 1.37. The van der Waals surface area contributed by atoms with E-state index in [9.17, 15) is 18.8 Å². The Morgan fingerprint density at radius 3 is 2.77 bits per heavy atom. The number of sulfone groups is 1. The zero-order chi connectivity index (χ0) is 18.7. The molecular formula is C18H19N3O4S. The van der Waals surface area contributed by atoms with Crippen LogP contribution in [0.15, 0.2) is 30.3 Å². The minimum atomic E-state index is -3.10. The third-order valence-electron chi connectivity index (χ3n) is 4.21. The van der Waals surface area contributed by atoms with Gasteiger partial charge in [0.1, 0.15) is 30.0 Å². The number of hydrogen-bond donors (Lipinski definition) is 1. The molecule has 1 aromatic carbocycles. The summed E-state index contributed by atoms with van der Waals surface area (Å²) in [6.07, 6.45) is 0.369. The molecule has 2 aromatic rings. The molecule has 3 rings (SSSR count). The van der Waals surface area contributed by atoms with Crippen molar-refractivity contribution in [1.82, 2.24) is 4.98 Å². The van der Waals surface area contributed by atoms with E-state index in [0.717, 1.165) is 5.69 Å². The van der Waals surface area contributed by atoms with Crippen LogP contribution in [0.2, 0.25) is 0 Å². The van der Waals surface area contributed by atoms with Gasteiger partial charge in [-0.1, -0.05) is 0 Å². The lowest BCUT2D eigenvalue weighted by Gasteiger charge is -2.23. The summed E-state index contributed by atoms with van der Waals surface area (Å²) < 4.78 is 29.2. The van der Waals surface area contributed by atoms with Crippen LogP contribution in [-0.4, -0.2) is 44.5 Å². The van der Waals surface area contributed by atoms with Crippen molar-refractivity contribution in [2.75, 3.05) is 30.9 Å². The van der Waals surface area contributed by atoms with Crippen molar-refractivity contribution < 1.29 is 18.3 Å². The Bertz CT molecular complexity index is 950. The van der Waals surface area contributed by atoms with Gasteiger partial charge in [-0.15, -0.1) is 0 Å². The van der Waals surface area contributed by atoms with Gasteiger partial charge in [0.15, 0.2) is 9.84 Å². The number of pyridine rings is 1. The largest absolute Gasteiger partial charge is 0.508 e. The molecule has 136 valence electrons. The van der Waals surface area contributed by atoms with Crippen molar-refractivity contribution in [3.05, 3.63) is 47.2 Å². The summed E-state index contributed by atoms with van der Waals surface area (Å²) in [6.45, 7) is 0.874. The normalized spacial score (nSPS) is 14.9. The highest BCUT2D eigenvalue weighted by Crippen LogP contribution is 2.26. The number of anilines is 1. The van der Waals surface area contributed by atoms with E-state index in [4.69, 9.17) is 4.74 Å². The van der Waals surface area contributed by atoms with Gasteiger partial charge in [-0.25, -0.2) is 13.4 Å². The summed E-state index contributed by atoms with van der Waals surface area (Å²) in [5, 5.41) is 18.7. The molecule has 0 aliphatic carbocycles. The molecule has 1 aliphatic rings. The lowest BCUT2D eigenvalue weighted by molar-refractivity contribution is 0.325. The lowest BCUT2D eigenvalue weighted by Crippen LogP contribution is -2.27. The van der Waals surface area contributed by atoms with E-state index >= 15 is 0 Å². The summed E-state index contributed by atoms with van der Waals surface area (Å²) in [6, 6.07) is 10.2. The Morgan fingerprint density at radius 1 is 1.35 bits per heavy atom. The second-order valence-corrected chi connectivity index (χ2v) is 8.37. The van der Waals surface area contributed by atoms with Crippen molar-refractivity contribution in [2.24, 2.45) is 0 Å². The van der Waals surface area contributed by atoms with Crippen LogP contribution >= 0.6 is 0 Å². The van der Waals surface area contributed by atoms with Crippen LogP contribution in [0.3, 0.4) is 0 Å². The Kier molecular flexibility index (Phi) is 5.00. The third-order valence-corrected chi connectivity index (χ3v) is 5.79. The molecule has 0 bridgehead atoms. The number of ether oxygens (including phenoxy) is 1. The van der Waals surface area contributed by atoms with Crippen molar-refractivity contribution in [3.63, 3.8) is 0 Å². The SMILES string of the molecule is CN(CCOc1ccc(O)cc1)c1nc2c(cc1C#N)CS(=O)(=O)CC2. The lowest BCUT2D eigenvalue weighted by atomic mass is 10.1. The maximum absolute atomic E-state index is 11.8. The molecule has 1 aromatic heterocycles. The number of phenolic OH excluding ortho intramolecular Hbond substituents is 1. The number of nitrogens with zero attached hydrogens (tertiary/aromatic N) is 3. The van der Waals surface area contributed by atoms with Gasteiger partial charge >= 0.3 is 0 Å². The van der Waals surface area contributed by atoms with Crippen molar-refractivity contribution in [2.45, 2.75) is 12.2 Å². The number of benzene rings is 1. The molecule has 0 fully saturated rings. The minimum Gasteiger partial charge on any atom is -0.508 e. The van der Waals surface area contributed by atoms with Gasteiger partial charge in [-0.2, -0.15) is 5.26 Å². The first kappa shape index (κ1) is 18.0. The molecule has 0 radical (unpaired) electrons. The van der Waals surface area contributed by atoms with E-state index < -0.39 is 9.84 Å². The summed E-state index contributed by atoms with van der Waals surface area (Å²) in [5.41, 5.74) is 1.71. The number of nitriles is 1. The summed E-state index contributed by atoms with van der Waals surface area (Å²) >= 11 is 0. The van der Waals surface area contributed by atoms with E-state index in [-0.39, 0.29) is 17.3 Å². The molecule has 0 saturated carbocycles. The average Bonchev–Trinajstić information content (AvgIpc) is 2.61. The zero-order valence-corrected chi connectivity index (χ0v) is 15.2. The Morgan fingerprint density at radius 2 is 2.08 bits per heavy atom. The highest BCUT2D eigenvalue weighted by atomic mass is 32.2. The van der Waals surface area contributed by atoms with Crippen LogP contribution in [-0.2, 0) is 22.0 Å². The second-order valence-electron chi connectivity index (χ2n) is 6.18. The van der Waals surface area contributed by atoms with Gasteiger partial charge in [0, 0.05) is 19.2 Å². The quantitative estimate of drug-likeness (QED) is 0.850. The van der Waals surface area contributed by atoms with Gasteiger partial charge in [-0.05, 0) is 35.9 Å². The van der Waals surface area contributed by atoms with E-state index in [1.165, 1.54) is 0 Å². The zero-order valence-electron chi connectivity index (χ0n) is 14.3. The highest BCUT2D eigenvalue weighted by molar-refractivity contribution is 7.90. The summed E-state index contributed by atoms with van der Waals surface area (Å²) in [4.78, 5) is 6.36. The maximum atomic E-state index is 11.8. The number of phenols is 1. The molecule has 0 unspecified atom stereocenters. The topological polar surface area (TPSA) is 104 Å². The fraction of sp³-hybridized carbons (Fsp3) is 0.333. The van der Waals surface area contributed by atoms with Crippen LogP contribution in [0.25, 0.3) is 0 Å². The first-order valence-corrected chi connectivity index (χ1v) is 9.96. The number of fused-ring (bicyclic) bond motifs is 1. The molecule has 0 saturated heterocycles. The van der Waals surface area contributed by atoms with E-state index in [0.29, 0.717) is 42.3 Å². The van der Waals surface area contributed by atoms with E-state index in [1.807, 2.05) is 11.9 Å². The van der Waals surface area contributed by atoms with E-state index in [1.54, 1.807) is 30.3 Å². The first-order valence-electron chi connectivity index (χ1n) is 8.14. The number of aryl methyl sites for hydroxylation is 1. The minimum absolute atomic E-state index is 0.0576. The van der Waals surface area contributed by atoms with Gasteiger partial charge < -0.3 is 14.7 Å². The molecule has 8 heteroatoms. The van der Waals surface area contributed by atoms with Gasteiger partial charge in [0.25, 0.3) is 0 Å². The predicted octanol–water partition coefficient (Wildman–Crippen LogP) is 1.64. The standard InChI is InChI=1S/C18H19N3O4S/c1-21(7-8-25-16-4-2-15(22)3-5-16)18-13(11-19)10-14-12-26(23,24)9-6-17(14)20-18/h2-5,10,22H,6-9,12H2,1H3. The van der Waals surface area contributed by atoms with Gasteiger partial charge in [0.05, 0.1) is 23.6 Å². The third kappa shape index (κ3) is 4.06. The predicted molar refractivity (Wildman–Crippen MR) is 97.0 cm³/mol. The molecule has 0 amide bonds. The fourth-order valence-corrected chi connectivity index (χ4v) is 4.18. The number of aromatic hydroxyl groups is 1. The Balaban J connectivity index is 1.71. The molecular weight excluding hydrogens is 354 g/mol. The van der Waals surface area contributed by atoms with Gasteiger partial charge in [0.2, 0.25) is 0 Å². The van der Waals surface area contributed by atoms with Crippen LogP contribution in [0, 0.1) is 11.3 Å². The van der Waals surface area contributed by atoms with Crippen molar-refractivity contribution in [1.29, 1.82) is 5.26 Å². The molecule has 26 heavy (non-hydrogen) atoms. The molecule has 0 spiro atoms. The molecule has 7 nitrogen and oxygen atoms in total. The van der Waals surface area contributed by atoms with E-state index in [2.05, 4.69) is 11.1 Å². The van der Waals surface area contributed by atoms with Crippen molar-refractivity contribution in [3.8, 4) is 17.6 Å². The molecule has 1 N–H and O–H groups in total. The van der Waals surface area contributed by atoms with Gasteiger partial charge in [-0.3, -0.25) is 0 Å². The van der Waals surface area contributed by atoms with Crippen LogP contribution in [0.1, 0.15) is 16.8 Å². The smallest absolute Gasteiger partial charge is 0.154 e. The van der Waals surface area contributed by atoms with Crippen LogP contribution in [0.5, 0.6) is 11.5 Å². The first-order chi connectivity index (χ1) is 12.4. The highest BCUT2D eigenvalue weighted by Gasteiger charge is 2.25. The number of rotatable bonds is 5. The number of aromatic nitrogens is 1. The maximum Gasteiger partial charge on any atom is 0.154 e. The van der Waals surface area contributed by atoms with Crippen LogP contribution in [0.4, 0.5) is 5.82 Å². The number of hydrogen-bond acceptors (Lipinski definition) is 7. The Labute approximate surface area is 152 Å². The summed E-state index contributed by atoms with van der Waals surface area (Å²) in [7, 11) is -1.29. The second kappa shape index (κ2) is 7.22. The van der Waals surface area contributed by atoms with Crippen molar-refractivity contribution >= 4 is 15.7 Å². The van der Waals surface area contributed by atoms with Crippen LogP contribution < -0.4 is 9.64 Å². The molecule has 2 heterocycles.